The molecule has 0 N–H and O–H groups in total. The fraction of sp³-hybridized carbons (Fsp3) is 0.368. The Bertz CT molecular complexity index is 1190. The van der Waals surface area contributed by atoms with E-state index in [1.807, 2.05) is 17.5 Å². The Hall–Kier alpha value is -3.56. The molecule has 0 radical (unpaired) electrons. The standard InChI is InChI=1S/C19H21N9O/c1-14-10-18(28-16(23-14)4-7-21-28)25-8-5-15(6-9-25)11-26-19(29)3-2-17(24-26)27-13-20-12-22-27/h2-4,7,10,12-13,15H,5-6,8-9,11H2,1H3. The first kappa shape index (κ1) is 17.5. The molecule has 5 rings (SSSR count). The summed E-state index contributed by atoms with van der Waals surface area (Å²) in [5.74, 6) is 2.05. The number of nitrogens with zero attached hydrogens (tertiary/aromatic N) is 9. The van der Waals surface area contributed by atoms with Crippen molar-refractivity contribution < 1.29 is 0 Å². The molecule has 0 saturated carbocycles. The van der Waals surface area contributed by atoms with Crippen LogP contribution >= 0.6 is 0 Å². The van der Waals surface area contributed by atoms with Crippen molar-refractivity contribution in [3.05, 3.63) is 59.2 Å². The van der Waals surface area contributed by atoms with E-state index in [2.05, 4.69) is 36.2 Å². The minimum atomic E-state index is -0.0979. The number of aryl methyl sites for hydroxylation is 1. The molecule has 0 unspecified atom stereocenters. The fourth-order valence-corrected chi connectivity index (χ4v) is 3.85. The van der Waals surface area contributed by atoms with Crippen molar-refractivity contribution in [2.24, 2.45) is 5.92 Å². The molecule has 0 aromatic carbocycles. The van der Waals surface area contributed by atoms with Gasteiger partial charge in [0.2, 0.25) is 0 Å². The molecule has 0 bridgehead atoms. The van der Waals surface area contributed by atoms with Crippen molar-refractivity contribution in [2.75, 3.05) is 18.0 Å². The number of hydrogen-bond acceptors (Lipinski definition) is 7. The molecule has 0 amide bonds. The van der Waals surface area contributed by atoms with Gasteiger partial charge >= 0.3 is 0 Å². The van der Waals surface area contributed by atoms with Gasteiger partial charge in [0.25, 0.3) is 5.56 Å². The van der Waals surface area contributed by atoms with Gasteiger partial charge in [-0.25, -0.2) is 19.3 Å². The second-order valence-electron chi connectivity index (χ2n) is 7.34. The van der Waals surface area contributed by atoms with Crippen molar-refractivity contribution in [2.45, 2.75) is 26.3 Å². The number of hydrogen-bond donors (Lipinski definition) is 0. The van der Waals surface area contributed by atoms with Crippen molar-refractivity contribution >= 4 is 11.5 Å². The second kappa shape index (κ2) is 7.12. The Morgan fingerprint density at radius 1 is 1.14 bits per heavy atom. The summed E-state index contributed by atoms with van der Waals surface area (Å²) in [6.45, 7) is 4.41. The molecule has 1 saturated heterocycles. The summed E-state index contributed by atoms with van der Waals surface area (Å²) in [5.41, 5.74) is 1.75. The molecule has 1 fully saturated rings. The van der Waals surface area contributed by atoms with Gasteiger partial charge in [-0.15, -0.1) is 5.10 Å². The van der Waals surface area contributed by atoms with Gasteiger partial charge in [-0.2, -0.15) is 14.7 Å². The minimum absolute atomic E-state index is 0.0979. The zero-order chi connectivity index (χ0) is 19.8. The molecule has 1 aliphatic rings. The molecule has 5 heterocycles. The van der Waals surface area contributed by atoms with Crippen LogP contribution in [0.3, 0.4) is 0 Å². The van der Waals surface area contributed by atoms with Crippen LogP contribution in [0.15, 0.2) is 47.9 Å². The summed E-state index contributed by atoms with van der Waals surface area (Å²) in [7, 11) is 0. The molecule has 0 atom stereocenters. The van der Waals surface area contributed by atoms with Crippen LogP contribution < -0.4 is 10.5 Å². The van der Waals surface area contributed by atoms with Gasteiger partial charge in [0.15, 0.2) is 11.5 Å². The Kier molecular flexibility index (Phi) is 4.30. The van der Waals surface area contributed by atoms with E-state index < -0.39 is 0 Å². The van der Waals surface area contributed by atoms with E-state index in [1.54, 1.807) is 28.0 Å². The van der Waals surface area contributed by atoms with Crippen molar-refractivity contribution in [1.29, 1.82) is 0 Å². The van der Waals surface area contributed by atoms with Gasteiger partial charge in [0.1, 0.15) is 18.5 Å². The average Bonchev–Trinajstić information content (AvgIpc) is 3.41. The van der Waals surface area contributed by atoms with E-state index in [0.29, 0.717) is 18.3 Å². The van der Waals surface area contributed by atoms with Gasteiger partial charge in [-0.1, -0.05) is 0 Å². The van der Waals surface area contributed by atoms with Gasteiger partial charge in [0.05, 0.1) is 6.20 Å². The van der Waals surface area contributed by atoms with Gasteiger partial charge in [-0.3, -0.25) is 4.79 Å². The molecule has 4 aromatic rings. The molecule has 0 aliphatic carbocycles. The predicted molar refractivity (Wildman–Crippen MR) is 106 cm³/mol. The molecular formula is C19H21N9O. The Morgan fingerprint density at radius 3 is 2.79 bits per heavy atom. The summed E-state index contributed by atoms with van der Waals surface area (Å²) in [6, 6.07) is 7.20. The molecule has 1 aliphatic heterocycles. The van der Waals surface area contributed by atoms with Crippen molar-refractivity contribution in [3.63, 3.8) is 0 Å². The van der Waals surface area contributed by atoms with E-state index >= 15 is 0 Å². The summed E-state index contributed by atoms with van der Waals surface area (Å²) in [5, 5.41) is 13.0. The minimum Gasteiger partial charge on any atom is -0.356 e. The van der Waals surface area contributed by atoms with E-state index in [1.165, 1.54) is 12.4 Å². The predicted octanol–water partition coefficient (Wildman–Crippen LogP) is 1.09. The van der Waals surface area contributed by atoms with Crippen LogP contribution in [0, 0.1) is 12.8 Å². The summed E-state index contributed by atoms with van der Waals surface area (Å²) >= 11 is 0. The van der Waals surface area contributed by atoms with E-state index in [-0.39, 0.29) is 5.56 Å². The largest absolute Gasteiger partial charge is 0.356 e. The third-order valence-electron chi connectivity index (χ3n) is 5.34. The number of piperidine rings is 1. The van der Waals surface area contributed by atoms with Crippen molar-refractivity contribution in [3.8, 4) is 5.82 Å². The van der Waals surface area contributed by atoms with Crippen LogP contribution in [-0.2, 0) is 6.54 Å². The first-order valence-corrected chi connectivity index (χ1v) is 9.67. The van der Waals surface area contributed by atoms with E-state index in [0.717, 1.165) is 43.1 Å². The van der Waals surface area contributed by atoms with Gasteiger partial charge in [0, 0.05) is 43.5 Å². The quantitative estimate of drug-likeness (QED) is 0.513. The molecule has 10 heteroatoms. The normalized spacial score (nSPS) is 15.3. The second-order valence-corrected chi connectivity index (χ2v) is 7.34. The zero-order valence-electron chi connectivity index (χ0n) is 16.1. The Labute approximate surface area is 166 Å². The fourth-order valence-electron chi connectivity index (χ4n) is 3.85. The highest BCUT2D eigenvalue weighted by atomic mass is 16.1. The Balaban J connectivity index is 1.31. The lowest BCUT2D eigenvalue weighted by atomic mass is 9.97. The molecule has 10 nitrogen and oxygen atoms in total. The maximum Gasteiger partial charge on any atom is 0.266 e. The smallest absolute Gasteiger partial charge is 0.266 e. The molecule has 4 aromatic heterocycles. The van der Waals surface area contributed by atoms with Crippen molar-refractivity contribution in [1.82, 2.24) is 39.1 Å². The molecular weight excluding hydrogens is 370 g/mol. The Morgan fingerprint density at radius 2 is 2.00 bits per heavy atom. The number of anilines is 1. The average molecular weight is 391 g/mol. The van der Waals surface area contributed by atoms with Crippen LogP contribution in [-0.4, -0.2) is 52.2 Å². The third kappa shape index (κ3) is 3.37. The van der Waals surface area contributed by atoms with E-state index in [9.17, 15) is 4.79 Å². The lowest BCUT2D eigenvalue weighted by molar-refractivity contribution is 0.333. The van der Waals surface area contributed by atoms with Crippen LogP contribution in [0.5, 0.6) is 0 Å². The monoisotopic (exact) mass is 391 g/mol. The van der Waals surface area contributed by atoms with Crippen LogP contribution in [0.25, 0.3) is 11.5 Å². The lowest BCUT2D eigenvalue weighted by Crippen LogP contribution is -2.38. The summed E-state index contributed by atoms with van der Waals surface area (Å²) < 4.78 is 4.99. The van der Waals surface area contributed by atoms with E-state index in [4.69, 9.17) is 0 Å². The number of rotatable bonds is 4. The first-order chi connectivity index (χ1) is 14.2. The molecule has 29 heavy (non-hydrogen) atoms. The highest BCUT2D eigenvalue weighted by Gasteiger charge is 2.23. The highest BCUT2D eigenvalue weighted by molar-refractivity contribution is 5.50. The summed E-state index contributed by atoms with van der Waals surface area (Å²) in [6.07, 6.45) is 6.75. The van der Waals surface area contributed by atoms with Crippen LogP contribution in [0.1, 0.15) is 18.5 Å². The SMILES string of the molecule is Cc1cc(N2CCC(Cn3nc(-n4cncn4)ccc3=O)CC2)n2nccc2n1. The van der Waals surface area contributed by atoms with Crippen LogP contribution in [0.2, 0.25) is 0 Å². The maximum absolute atomic E-state index is 12.3. The zero-order valence-corrected chi connectivity index (χ0v) is 16.1. The topological polar surface area (TPSA) is 99.0 Å². The molecule has 0 spiro atoms. The maximum atomic E-state index is 12.3. The van der Waals surface area contributed by atoms with Gasteiger partial charge < -0.3 is 4.90 Å². The first-order valence-electron chi connectivity index (χ1n) is 9.67. The number of fused-ring (bicyclic) bond motifs is 1. The van der Waals surface area contributed by atoms with Gasteiger partial charge in [-0.05, 0) is 31.7 Å². The number of aromatic nitrogens is 8. The summed E-state index contributed by atoms with van der Waals surface area (Å²) in [4.78, 5) is 23.1. The third-order valence-corrected chi connectivity index (χ3v) is 5.34. The lowest BCUT2D eigenvalue weighted by Gasteiger charge is -2.33. The van der Waals surface area contributed by atoms with Crippen LogP contribution in [0.4, 0.5) is 5.82 Å². The highest BCUT2D eigenvalue weighted by Crippen LogP contribution is 2.25. The molecule has 148 valence electrons.